The number of pyridine rings is 2. The SMILES string of the molecule is CNc1cc(-c2cccnc2Nc2c(C)ccc3c(Nc4ccnc(C(C)(C)C)n4)nccc23)ncn1. The molecule has 4 heterocycles. The highest BCUT2D eigenvalue weighted by Gasteiger charge is 2.18. The molecule has 1 aromatic carbocycles. The first-order valence-electron chi connectivity index (χ1n) is 12.0. The van der Waals surface area contributed by atoms with E-state index in [0.29, 0.717) is 11.6 Å². The molecule has 186 valence electrons. The number of hydrogen-bond acceptors (Lipinski definition) is 9. The zero-order valence-electron chi connectivity index (χ0n) is 21.5. The summed E-state index contributed by atoms with van der Waals surface area (Å²) >= 11 is 0. The van der Waals surface area contributed by atoms with Crippen molar-refractivity contribution in [1.82, 2.24) is 29.9 Å². The summed E-state index contributed by atoms with van der Waals surface area (Å²) in [5.41, 5.74) is 3.52. The van der Waals surface area contributed by atoms with Gasteiger partial charge in [-0.05, 0) is 36.8 Å². The third-order valence-electron chi connectivity index (χ3n) is 5.98. The second-order valence-corrected chi connectivity index (χ2v) is 9.72. The Hall–Kier alpha value is -4.66. The van der Waals surface area contributed by atoms with E-state index in [9.17, 15) is 0 Å². The van der Waals surface area contributed by atoms with Crippen molar-refractivity contribution in [3.63, 3.8) is 0 Å². The number of nitrogens with one attached hydrogen (secondary N) is 3. The predicted octanol–water partition coefficient (Wildman–Crippen LogP) is 6.01. The van der Waals surface area contributed by atoms with Crippen molar-refractivity contribution in [2.24, 2.45) is 0 Å². The first-order valence-corrected chi connectivity index (χ1v) is 12.0. The molecule has 0 fully saturated rings. The molecule has 4 aromatic heterocycles. The Morgan fingerprint density at radius 1 is 0.730 bits per heavy atom. The van der Waals surface area contributed by atoms with Crippen molar-refractivity contribution in [1.29, 1.82) is 0 Å². The molecule has 0 aliphatic heterocycles. The third-order valence-corrected chi connectivity index (χ3v) is 5.98. The smallest absolute Gasteiger partial charge is 0.139 e. The Labute approximate surface area is 215 Å². The average Bonchev–Trinajstić information content (AvgIpc) is 2.90. The largest absolute Gasteiger partial charge is 0.373 e. The van der Waals surface area contributed by atoms with Crippen LogP contribution in [0.4, 0.5) is 29.0 Å². The number of benzene rings is 1. The summed E-state index contributed by atoms with van der Waals surface area (Å²) in [6, 6.07) is 13.8. The van der Waals surface area contributed by atoms with Gasteiger partial charge in [-0.3, -0.25) is 0 Å². The number of aromatic nitrogens is 6. The number of fused-ring (bicyclic) bond motifs is 1. The van der Waals surface area contributed by atoms with Crippen LogP contribution < -0.4 is 16.0 Å². The fourth-order valence-corrected chi connectivity index (χ4v) is 4.01. The molecule has 0 aliphatic carbocycles. The van der Waals surface area contributed by atoms with Crippen molar-refractivity contribution >= 4 is 39.7 Å². The zero-order valence-corrected chi connectivity index (χ0v) is 21.5. The third kappa shape index (κ3) is 5.02. The lowest BCUT2D eigenvalue weighted by atomic mass is 9.96. The molecule has 0 unspecified atom stereocenters. The van der Waals surface area contributed by atoms with Crippen molar-refractivity contribution in [2.45, 2.75) is 33.1 Å². The van der Waals surface area contributed by atoms with Crippen LogP contribution in [-0.4, -0.2) is 37.0 Å². The summed E-state index contributed by atoms with van der Waals surface area (Å²) in [4.78, 5) is 27.1. The molecule has 0 amide bonds. The van der Waals surface area contributed by atoms with Gasteiger partial charge >= 0.3 is 0 Å². The van der Waals surface area contributed by atoms with Crippen molar-refractivity contribution in [3.8, 4) is 11.3 Å². The zero-order chi connectivity index (χ0) is 26.0. The molecule has 0 atom stereocenters. The van der Waals surface area contributed by atoms with Crippen LogP contribution in [0.3, 0.4) is 0 Å². The molecular formula is C28H29N9. The standard InChI is InChI=1S/C28H29N9/c1-17-8-9-19-18(10-13-31-25(19)35-22-11-14-32-27(36-22)28(2,3)4)24(17)37-26-20(7-6-12-30-26)21-15-23(29-5)34-16-33-21/h6-16H,1-5H3,(H,30,37)(H,29,33,34)(H,31,32,35,36). The minimum Gasteiger partial charge on any atom is -0.373 e. The van der Waals surface area contributed by atoms with Crippen LogP contribution in [0.5, 0.6) is 0 Å². The lowest BCUT2D eigenvalue weighted by molar-refractivity contribution is 0.546. The molecule has 3 N–H and O–H groups in total. The summed E-state index contributed by atoms with van der Waals surface area (Å²) in [7, 11) is 1.83. The van der Waals surface area contributed by atoms with E-state index in [1.807, 2.05) is 37.4 Å². The Balaban J connectivity index is 1.55. The number of anilines is 5. The number of hydrogen-bond donors (Lipinski definition) is 3. The molecule has 9 heteroatoms. The van der Waals surface area contributed by atoms with Crippen molar-refractivity contribution < 1.29 is 0 Å². The van der Waals surface area contributed by atoms with E-state index in [-0.39, 0.29) is 5.41 Å². The summed E-state index contributed by atoms with van der Waals surface area (Å²) < 4.78 is 0. The molecule has 0 spiro atoms. The molecule has 0 radical (unpaired) electrons. The molecule has 9 nitrogen and oxygen atoms in total. The molecule has 5 aromatic rings. The Morgan fingerprint density at radius 2 is 1.54 bits per heavy atom. The van der Waals surface area contributed by atoms with E-state index in [4.69, 9.17) is 4.98 Å². The van der Waals surface area contributed by atoms with Crippen LogP contribution in [0.25, 0.3) is 22.0 Å². The quantitative estimate of drug-likeness (QED) is 0.263. The maximum absolute atomic E-state index is 4.71. The normalized spacial score (nSPS) is 11.4. The lowest BCUT2D eigenvalue weighted by Crippen LogP contribution is -2.16. The van der Waals surface area contributed by atoms with Crippen molar-refractivity contribution in [2.75, 3.05) is 23.0 Å². The van der Waals surface area contributed by atoms with E-state index in [0.717, 1.165) is 50.7 Å². The average molecular weight is 492 g/mol. The van der Waals surface area contributed by atoms with Crippen LogP contribution in [-0.2, 0) is 5.41 Å². The molecule has 0 bridgehead atoms. The van der Waals surface area contributed by atoms with Crippen LogP contribution in [0.15, 0.2) is 67.4 Å². The fraction of sp³-hybridized carbons (Fsp3) is 0.214. The Bertz CT molecular complexity index is 1570. The highest BCUT2D eigenvalue weighted by Crippen LogP contribution is 2.35. The van der Waals surface area contributed by atoms with Gasteiger partial charge in [0, 0.05) is 53.5 Å². The molecule has 37 heavy (non-hydrogen) atoms. The highest BCUT2D eigenvalue weighted by atomic mass is 15.1. The van der Waals surface area contributed by atoms with E-state index in [1.165, 1.54) is 0 Å². The van der Waals surface area contributed by atoms with Gasteiger partial charge in [0.05, 0.1) is 11.4 Å². The molecule has 5 rings (SSSR count). The van der Waals surface area contributed by atoms with E-state index in [2.05, 4.69) is 80.7 Å². The topological polar surface area (TPSA) is 113 Å². The van der Waals surface area contributed by atoms with Crippen LogP contribution in [0.1, 0.15) is 32.2 Å². The Kier molecular flexibility index (Phi) is 6.35. The number of aryl methyl sites for hydroxylation is 1. The van der Waals surface area contributed by atoms with Gasteiger partial charge in [-0.25, -0.2) is 29.9 Å². The van der Waals surface area contributed by atoms with Gasteiger partial charge in [-0.2, -0.15) is 0 Å². The van der Waals surface area contributed by atoms with Gasteiger partial charge in [-0.15, -0.1) is 0 Å². The molecule has 0 aliphatic rings. The van der Waals surface area contributed by atoms with Gasteiger partial charge in [0.2, 0.25) is 0 Å². The van der Waals surface area contributed by atoms with E-state index < -0.39 is 0 Å². The highest BCUT2D eigenvalue weighted by molar-refractivity contribution is 6.03. The van der Waals surface area contributed by atoms with E-state index in [1.54, 1.807) is 24.9 Å². The number of rotatable bonds is 6. The molecule has 0 saturated carbocycles. The lowest BCUT2D eigenvalue weighted by Gasteiger charge is -2.18. The van der Waals surface area contributed by atoms with Gasteiger partial charge in [0.1, 0.15) is 35.4 Å². The summed E-state index contributed by atoms with van der Waals surface area (Å²) in [5, 5.41) is 12.0. The van der Waals surface area contributed by atoms with Crippen LogP contribution in [0, 0.1) is 6.92 Å². The Morgan fingerprint density at radius 3 is 2.35 bits per heavy atom. The van der Waals surface area contributed by atoms with Gasteiger partial charge in [0.25, 0.3) is 0 Å². The van der Waals surface area contributed by atoms with Gasteiger partial charge in [0.15, 0.2) is 0 Å². The number of nitrogens with zero attached hydrogens (tertiary/aromatic N) is 6. The molecular weight excluding hydrogens is 462 g/mol. The van der Waals surface area contributed by atoms with E-state index >= 15 is 0 Å². The maximum Gasteiger partial charge on any atom is 0.139 e. The van der Waals surface area contributed by atoms with Crippen LogP contribution >= 0.6 is 0 Å². The minimum absolute atomic E-state index is 0.157. The van der Waals surface area contributed by atoms with Crippen LogP contribution in [0.2, 0.25) is 0 Å². The molecule has 0 saturated heterocycles. The summed E-state index contributed by atoms with van der Waals surface area (Å²) in [6.45, 7) is 8.35. The van der Waals surface area contributed by atoms with Crippen molar-refractivity contribution in [3.05, 3.63) is 78.8 Å². The second kappa shape index (κ2) is 9.77. The fourth-order valence-electron chi connectivity index (χ4n) is 4.01. The predicted molar refractivity (Wildman–Crippen MR) is 149 cm³/mol. The maximum atomic E-state index is 4.71. The van der Waals surface area contributed by atoms with Gasteiger partial charge < -0.3 is 16.0 Å². The minimum atomic E-state index is -0.157. The second-order valence-electron chi connectivity index (χ2n) is 9.72. The monoisotopic (exact) mass is 491 g/mol. The first-order chi connectivity index (χ1) is 17.8. The first kappa shape index (κ1) is 24.1. The van der Waals surface area contributed by atoms with Gasteiger partial charge in [-0.1, -0.05) is 32.9 Å². The summed E-state index contributed by atoms with van der Waals surface area (Å²) in [5.74, 6) is 3.63. The summed E-state index contributed by atoms with van der Waals surface area (Å²) in [6.07, 6.45) is 6.88.